The third-order valence-electron chi connectivity index (χ3n) is 3.78. The Labute approximate surface area is 148 Å². The van der Waals surface area contributed by atoms with E-state index in [0.29, 0.717) is 22.8 Å². The molecule has 0 N–H and O–H groups in total. The van der Waals surface area contributed by atoms with Crippen LogP contribution in [0.1, 0.15) is 27.2 Å². The molecule has 134 valence electrons. The summed E-state index contributed by atoms with van der Waals surface area (Å²) in [5.41, 5.74) is 0.267. The van der Waals surface area contributed by atoms with Gasteiger partial charge in [-0.15, -0.1) is 0 Å². The number of rotatable bonds is 3. The molecule has 0 atom stereocenters. The second-order valence-electron chi connectivity index (χ2n) is 6.70. The standard InChI is InChI=1S/C17H20N2O5S/c1-17(2,3)15(21)18-16-19(6-5-14(20)22-4)10-7-11-12(24-9-23-11)8-13(10)25-16/h7-8H,5-6,9H2,1-4H3. The molecule has 0 unspecified atom stereocenters. The fraction of sp³-hybridized carbons (Fsp3) is 0.471. The normalized spacial score (nSPS) is 14.2. The summed E-state index contributed by atoms with van der Waals surface area (Å²) in [6, 6.07) is 3.73. The first-order chi connectivity index (χ1) is 11.8. The Balaban J connectivity index is 2.12. The number of benzene rings is 1. The SMILES string of the molecule is COC(=O)CCn1c(=NC(=O)C(C)(C)C)sc2cc3c(cc21)OCO3. The van der Waals surface area contributed by atoms with E-state index in [1.165, 1.54) is 18.4 Å². The Bertz CT molecular complexity index is 904. The average Bonchev–Trinajstić information content (AvgIpc) is 3.12. The summed E-state index contributed by atoms with van der Waals surface area (Å²) in [6.45, 7) is 6.01. The van der Waals surface area contributed by atoms with Crippen LogP contribution in [0.2, 0.25) is 0 Å². The lowest BCUT2D eigenvalue weighted by Gasteiger charge is -2.12. The van der Waals surface area contributed by atoms with Crippen molar-refractivity contribution >= 4 is 33.4 Å². The van der Waals surface area contributed by atoms with Crippen LogP contribution in [0.15, 0.2) is 17.1 Å². The van der Waals surface area contributed by atoms with Gasteiger partial charge in [0.1, 0.15) is 0 Å². The highest BCUT2D eigenvalue weighted by Crippen LogP contribution is 2.37. The lowest BCUT2D eigenvalue weighted by atomic mass is 9.96. The first-order valence-electron chi connectivity index (χ1n) is 7.88. The number of fused-ring (bicyclic) bond motifs is 2. The van der Waals surface area contributed by atoms with E-state index in [9.17, 15) is 9.59 Å². The number of esters is 1. The quantitative estimate of drug-likeness (QED) is 0.782. The number of nitrogens with zero attached hydrogens (tertiary/aromatic N) is 2. The van der Waals surface area contributed by atoms with Gasteiger partial charge in [-0.25, -0.2) is 0 Å². The number of hydrogen-bond donors (Lipinski definition) is 0. The van der Waals surface area contributed by atoms with Gasteiger partial charge in [-0.1, -0.05) is 32.1 Å². The highest BCUT2D eigenvalue weighted by molar-refractivity contribution is 7.16. The van der Waals surface area contributed by atoms with Crippen molar-refractivity contribution in [3.63, 3.8) is 0 Å². The van der Waals surface area contributed by atoms with Gasteiger partial charge in [0, 0.05) is 24.1 Å². The van der Waals surface area contributed by atoms with Gasteiger partial charge in [-0.2, -0.15) is 4.99 Å². The minimum absolute atomic E-state index is 0.188. The zero-order chi connectivity index (χ0) is 18.2. The number of methoxy groups -OCH3 is 1. The number of amides is 1. The van der Waals surface area contributed by atoms with Gasteiger partial charge in [0.2, 0.25) is 6.79 Å². The summed E-state index contributed by atoms with van der Waals surface area (Å²) in [7, 11) is 1.35. The van der Waals surface area contributed by atoms with E-state index in [4.69, 9.17) is 14.2 Å². The van der Waals surface area contributed by atoms with Crippen molar-refractivity contribution in [2.24, 2.45) is 10.4 Å². The molecule has 0 saturated carbocycles. The van der Waals surface area contributed by atoms with E-state index in [1.807, 2.05) is 37.5 Å². The number of carbonyl (C=O) groups is 2. The van der Waals surface area contributed by atoms with E-state index in [-0.39, 0.29) is 25.1 Å². The topological polar surface area (TPSA) is 79.1 Å². The number of aryl methyl sites for hydroxylation is 1. The summed E-state index contributed by atoms with van der Waals surface area (Å²) in [6.07, 6.45) is 0.188. The van der Waals surface area contributed by atoms with E-state index >= 15 is 0 Å². The Kier molecular flexibility index (Phi) is 4.55. The first-order valence-corrected chi connectivity index (χ1v) is 8.70. The minimum atomic E-state index is -0.579. The number of thiazole rings is 1. The molecule has 2 heterocycles. The number of carbonyl (C=O) groups excluding carboxylic acids is 2. The highest BCUT2D eigenvalue weighted by atomic mass is 32.1. The monoisotopic (exact) mass is 364 g/mol. The van der Waals surface area contributed by atoms with Crippen LogP contribution in [0.5, 0.6) is 11.5 Å². The van der Waals surface area contributed by atoms with Crippen LogP contribution in [-0.4, -0.2) is 30.3 Å². The third-order valence-corrected chi connectivity index (χ3v) is 4.82. The Hall–Kier alpha value is -2.35. The van der Waals surface area contributed by atoms with Crippen molar-refractivity contribution in [3.8, 4) is 11.5 Å². The summed E-state index contributed by atoms with van der Waals surface area (Å²) in [5.74, 6) is 0.778. The maximum Gasteiger partial charge on any atom is 0.307 e. The lowest BCUT2D eigenvalue weighted by molar-refractivity contribution is -0.140. The molecule has 1 aromatic heterocycles. The maximum absolute atomic E-state index is 12.3. The molecule has 1 aliphatic heterocycles. The molecule has 1 aliphatic rings. The fourth-order valence-corrected chi connectivity index (χ4v) is 3.39. The predicted molar refractivity (Wildman–Crippen MR) is 92.6 cm³/mol. The highest BCUT2D eigenvalue weighted by Gasteiger charge is 2.22. The molecule has 25 heavy (non-hydrogen) atoms. The van der Waals surface area contributed by atoms with Crippen molar-refractivity contribution in [2.75, 3.05) is 13.9 Å². The van der Waals surface area contributed by atoms with E-state index in [1.54, 1.807) is 0 Å². The van der Waals surface area contributed by atoms with Gasteiger partial charge in [0.05, 0.1) is 23.7 Å². The number of aromatic nitrogens is 1. The molecule has 0 bridgehead atoms. The smallest absolute Gasteiger partial charge is 0.307 e. The van der Waals surface area contributed by atoms with Crippen LogP contribution in [0.3, 0.4) is 0 Å². The number of hydrogen-bond acceptors (Lipinski definition) is 6. The number of ether oxygens (including phenoxy) is 3. The molecule has 0 radical (unpaired) electrons. The zero-order valence-corrected chi connectivity index (χ0v) is 15.4. The largest absolute Gasteiger partial charge is 0.469 e. The van der Waals surface area contributed by atoms with Gasteiger partial charge in [-0.3, -0.25) is 9.59 Å². The Morgan fingerprint density at radius 3 is 2.60 bits per heavy atom. The summed E-state index contributed by atoms with van der Waals surface area (Å²) in [4.78, 5) is 28.7. The predicted octanol–water partition coefficient (Wildman–Crippen LogP) is 2.47. The molecule has 0 fully saturated rings. The van der Waals surface area contributed by atoms with Crippen LogP contribution in [-0.2, 0) is 20.9 Å². The summed E-state index contributed by atoms with van der Waals surface area (Å²) < 4.78 is 18.3. The zero-order valence-electron chi connectivity index (χ0n) is 14.6. The summed E-state index contributed by atoms with van der Waals surface area (Å²) in [5, 5.41) is 0. The van der Waals surface area contributed by atoms with Crippen LogP contribution in [0.25, 0.3) is 10.2 Å². The molecule has 1 aromatic carbocycles. The average molecular weight is 364 g/mol. The van der Waals surface area contributed by atoms with E-state index in [2.05, 4.69) is 4.99 Å². The molecule has 3 rings (SSSR count). The van der Waals surface area contributed by atoms with Gasteiger partial charge < -0.3 is 18.8 Å². The lowest BCUT2D eigenvalue weighted by Crippen LogP contribution is -2.24. The van der Waals surface area contributed by atoms with E-state index in [0.717, 1.165) is 10.2 Å². The molecule has 0 aliphatic carbocycles. The van der Waals surface area contributed by atoms with Crippen LogP contribution >= 0.6 is 11.3 Å². The molecular formula is C17H20N2O5S. The second kappa shape index (κ2) is 6.51. The van der Waals surface area contributed by atoms with E-state index < -0.39 is 5.41 Å². The van der Waals surface area contributed by atoms with Crippen molar-refractivity contribution < 1.29 is 23.8 Å². The molecule has 7 nitrogen and oxygen atoms in total. The molecule has 8 heteroatoms. The van der Waals surface area contributed by atoms with Crippen LogP contribution in [0, 0.1) is 5.41 Å². The molecule has 2 aromatic rings. The Morgan fingerprint density at radius 2 is 1.96 bits per heavy atom. The van der Waals surface area contributed by atoms with Gasteiger partial charge in [0.15, 0.2) is 16.3 Å². The first kappa shape index (κ1) is 17.5. The van der Waals surface area contributed by atoms with Crippen molar-refractivity contribution in [3.05, 3.63) is 16.9 Å². The van der Waals surface area contributed by atoms with Gasteiger partial charge >= 0.3 is 5.97 Å². The van der Waals surface area contributed by atoms with Gasteiger partial charge in [0.25, 0.3) is 5.91 Å². The Morgan fingerprint density at radius 1 is 1.28 bits per heavy atom. The van der Waals surface area contributed by atoms with Crippen molar-refractivity contribution in [2.45, 2.75) is 33.7 Å². The minimum Gasteiger partial charge on any atom is -0.469 e. The van der Waals surface area contributed by atoms with Crippen molar-refractivity contribution in [1.82, 2.24) is 4.57 Å². The van der Waals surface area contributed by atoms with Crippen molar-refractivity contribution in [1.29, 1.82) is 0 Å². The maximum atomic E-state index is 12.3. The molecule has 1 amide bonds. The molecule has 0 spiro atoms. The molecular weight excluding hydrogens is 344 g/mol. The molecule has 0 saturated heterocycles. The second-order valence-corrected chi connectivity index (χ2v) is 7.71. The fourth-order valence-electron chi connectivity index (χ4n) is 2.32. The third kappa shape index (κ3) is 3.53. The van der Waals surface area contributed by atoms with Gasteiger partial charge in [-0.05, 0) is 0 Å². The van der Waals surface area contributed by atoms with Crippen LogP contribution < -0.4 is 14.3 Å². The van der Waals surface area contributed by atoms with Crippen LogP contribution in [0.4, 0.5) is 0 Å². The summed E-state index contributed by atoms with van der Waals surface area (Å²) >= 11 is 1.38.